The van der Waals surface area contributed by atoms with Crippen LogP contribution >= 0.6 is 11.6 Å². The van der Waals surface area contributed by atoms with Crippen LogP contribution in [-0.4, -0.2) is 29.9 Å². The number of rotatable bonds is 2. The average Bonchev–Trinajstić information content (AvgIpc) is 1.96. The first-order valence-corrected chi connectivity index (χ1v) is 5.00. The Balaban J connectivity index is 2.49. The molecule has 1 aliphatic rings. The Morgan fingerprint density at radius 3 is 2.73 bits per heavy atom. The molecule has 0 radical (unpaired) electrons. The summed E-state index contributed by atoms with van der Waals surface area (Å²) in [6.45, 7) is 3.57. The summed E-state index contributed by atoms with van der Waals surface area (Å²) < 4.78 is 0. The molecule has 0 aromatic heterocycles. The number of likely N-dealkylation sites (tertiary alicyclic amines) is 1. The second-order valence-electron chi connectivity index (χ2n) is 3.81. The highest BCUT2D eigenvalue weighted by atomic mass is 35.5. The molecule has 1 atom stereocenters. The van der Waals surface area contributed by atoms with Crippen molar-refractivity contribution in [1.29, 1.82) is 0 Å². The lowest BCUT2D eigenvalue weighted by molar-refractivity contribution is 0.0871. The number of piperidine rings is 1. The van der Waals surface area contributed by atoms with E-state index in [9.17, 15) is 0 Å². The van der Waals surface area contributed by atoms with Crippen LogP contribution < -0.4 is 0 Å². The highest BCUT2D eigenvalue weighted by molar-refractivity contribution is 6.17. The third kappa shape index (κ3) is 2.09. The molecule has 1 unspecified atom stereocenters. The Morgan fingerprint density at radius 1 is 1.45 bits per heavy atom. The van der Waals surface area contributed by atoms with E-state index in [1.54, 1.807) is 0 Å². The van der Waals surface area contributed by atoms with Gasteiger partial charge in [-0.15, -0.1) is 11.6 Å². The van der Waals surface area contributed by atoms with Gasteiger partial charge in [0.1, 0.15) is 0 Å². The highest BCUT2D eigenvalue weighted by Gasteiger charge is 2.30. The van der Waals surface area contributed by atoms with Gasteiger partial charge in [0.05, 0.1) is 0 Å². The van der Waals surface area contributed by atoms with Crippen LogP contribution in [0, 0.1) is 0 Å². The molecule has 1 fully saturated rings. The fourth-order valence-corrected chi connectivity index (χ4v) is 2.24. The summed E-state index contributed by atoms with van der Waals surface area (Å²) in [6, 6.07) is 0. The average molecular weight is 176 g/mol. The van der Waals surface area contributed by atoms with Gasteiger partial charge < -0.3 is 4.90 Å². The fourth-order valence-electron chi connectivity index (χ4n) is 1.84. The number of nitrogens with zero attached hydrogens (tertiary/aromatic N) is 1. The molecule has 0 bridgehead atoms. The Labute approximate surface area is 74.7 Å². The van der Waals surface area contributed by atoms with Crippen molar-refractivity contribution in [2.75, 3.05) is 19.5 Å². The van der Waals surface area contributed by atoms with Crippen LogP contribution in [0.1, 0.15) is 32.6 Å². The first-order valence-electron chi connectivity index (χ1n) is 4.46. The Kier molecular flexibility index (Phi) is 3.20. The third-order valence-electron chi connectivity index (χ3n) is 3.01. The van der Waals surface area contributed by atoms with Crippen molar-refractivity contribution in [3.05, 3.63) is 0 Å². The molecule has 11 heavy (non-hydrogen) atoms. The van der Waals surface area contributed by atoms with Gasteiger partial charge in [-0.05, 0) is 39.8 Å². The molecule has 1 nitrogen and oxygen atoms in total. The molecular formula is C9H18ClN. The lowest BCUT2D eigenvalue weighted by Gasteiger charge is -2.42. The van der Waals surface area contributed by atoms with Gasteiger partial charge in [-0.2, -0.15) is 0 Å². The Bertz CT molecular complexity index is 123. The van der Waals surface area contributed by atoms with Crippen LogP contribution in [0.2, 0.25) is 0 Å². The van der Waals surface area contributed by atoms with Crippen LogP contribution in [0.3, 0.4) is 0 Å². The topological polar surface area (TPSA) is 3.24 Å². The molecule has 1 saturated heterocycles. The van der Waals surface area contributed by atoms with Crippen molar-refractivity contribution < 1.29 is 0 Å². The molecule has 2 heteroatoms. The largest absolute Gasteiger partial charge is 0.301 e. The van der Waals surface area contributed by atoms with Crippen molar-refractivity contribution in [3.63, 3.8) is 0 Å². The molecule has 0 saturated carbocycles. The van der Waals surface area contributed by atoms with Gasteiger partial charge in [-0.1, -0.05) is 6.42 Å². The van der Waals surface area contributed by atoms with E-state index in [0.717, 1.165) is 12.3 Å². The third-order valence-corrected chi connectivity index (χ3v) is 3.20. The monoisotopic (exact) mass is 175 g/mol. The van der Waals surface area contributed by atoms with E-state index in [-0.39, 0.29) is 0 Å². The minimum Gasteiger partial charge on any atom is -0.301 e. The molecule has 0 N–H and O–H groups in total. The molecule has 0 aromatic rings. The van der Waals surface area contributed by atoms with Gasteiger partial charge in [-0.25, -0.2) is 0 Å². The number of hydrogen-bond donors (Lipinski definition) is 0. The maximum atomic E-state index is 5.76. The minimum atomic E-state index is 0.389. The summed E-state index contributed by atoms with van der Waals surface area (Å²) in [5, 5.41) is 0. The molecular weight excluding hydrogens is 158 g/mol. The summed E-state index contributed by atoms with van der Waals surface area (Å²) in [5.41, 5.74) is 0.389. The van der Waals surface area contributed by atoms with Crippen molar-refractivity contribution in [2.24, 2.45) is 0 Å². The van der Waals surface area contributed by atoms with E-state index in [1.165, 1.54) is 25.8 Å². The molecule has 0 amide bonds. The lowest BCUT2D eigenvalue weighted by atomic mass is 9.87. The van der Waals surface area contributed by atoms with Gasteiger partial charge in [-0.3, -0.25) is 0 Å². The van der Waals surface area contributed by atoms with Gasteiger partial charge in [0.25, 0.3) is 0 Å². The molecule has 1 aliphatic heterocycles. The maximum absolute atomic E-state index is 5.76. The molecule has 1 heterocycles. The normalized spacial score (nSPS) is 34.1. The summed E-state index contributed by atoms with van der Waals surface area (Å²) in [4.78, 5) is 2.46. The predicted molar refractivity (Wildman–Crippen MR) is 50.2 cm³/mol. The number of halogens is 1. The van der Waals surface area contributed by atoms with Crippen LogP contribution in [0.15, 0.2) is 0 Å². The first kappa shape index (κ1) is 9.34. The number of hydrogen-bond acceptors (Lipinski definition) is 1. The molecule has 0 aromatic carbocycles. The summed E-state index contributed by atoms with van der Waals surface area (Å²) in [7, 11) is 2.21. The van der Waals surface area contributed by atoms with Crippen LogP contribution in [0.5, 0.6) is 0 Å². The predicted octanol–water partition coefficient (Wildman–Crippen LogP) is 2.49. The van der Waals surface area contributed by atoms with Crippen molar-refractivity contribution in [3.8, 4) is 0 Å². The number of alkyl halides is 1. The van der Waals surface area contributed by atoms with Gasteiger partial charge in [0.15, 0.2) is 0 Å². The Hall–Kier alpha value is 0.250. The first-order chi connectivity index (χ1) is 5.19. The van der Waals surface area contributed by atoms with Gasteiger partial charge in [0, 0.05) is 11.4 Å². The SMILES string of the molecule is CN1CCCCC1(C)CCCl. The zero-order valence-corrected chi connectivity index (χ0v) is 8.32. The molecule has 66 valence electrons. The van der Waals surface area contributed by atoms with Crippen LogP contribution in [0.25, 0.3) is 0 Å². The van der Waals surface area contributed by atoms with Gasteiger partial charge >= 0.3 is 0 Å². The van der Waals surface area contributed by atoms with E-state index in [4.69, 9.17) is 11.6 Å². The summed E-state index contributed by atoms with van der Waals surface area (Å²) in [6.07, 6.45) is 5.17. The van der Waals surface area contributed by atoms with E-state index in [0.29, 0.717) is 5.54 Å². The standard InChI is InChI=1S/C9H18ClN/c1-9(6-7-10)5-3-4-8-11(9)2/h3-8H2,1-2H3. The second kappa shape index (κ2) is 3.77. The van der Waals surface area contributed by atoms with Crippen molar-refractivity contribution >= 4 is 11.6 Å². The van der Waals surface area contributed by atoms with E-state index < -0.39 is 0 Å². The smallest absolute Gasteiger partial charge is 0.0240 e. The Morgan fingerprint density at radius 2 is 2.18 bits per heavy atom. The van der Waals surface area contributed by atoms with E-state index >= 15 is 0 Å². The van der Waals surface area contributed by atoms with E-state index in [2.05, 4.69) is 18.9 Å². The highest BCUT2D eigenvalue weighted by Crippen LogP contribution is 2.29. The molecule has 0 spiro atoms. The fraction of sp³-hybridized carbons (Fsp3) is 1.00. The minimum absolute atomic E-state index is 0.389. The van der Waals surface area contributed by atoms with Crippen molar-refractivity contribution in [2.45, 2.75) is 38.1 Å². The molecule has 1 rings (SSSR count). The van der Waals surface area contributed by atoms with Gasteiger partial charge in [0.2, 0.25) is 0 Å². The maximum Gasteiger partial charge on any atom is 0.0240 e. The van der Waals surface area contributed by atoms with E-state index in [1.807, 2.05) is 0 Å². The molecule has 0 aliphatic carbocycles. The van der Waals surface area contributed by atoms with Crippen LogP contribution in [-0.2, 0) is 0 Å². The zero-order chi connectivity index (χ0) is 8.32. The van der Waals surface area contributed by atoms with Crippen molar-refractivity contribution in [1.82, 2.24) is 4.90 Å². The quantitative estimate of drug-likeness (QED) is 0.583. The second-order valence-corrected chi connectivity index (χ2v) is 4.19. The van der Waals surface area contributed by atoms with Crippen LogP contribution in [0.4, 0.5) is 0 Å². The summed E-state index contributed by atoms with van der Waals surface area (Å²) in [5.74, 6) is 0.793. The lowest BCUT2D eigenvalue weighted by Crippen LogP contribution is -2.47. The zero-order valence-electron chi connectivity index (χ0n) is 7.57. The summed E-state index contributed by atoms with van der Waals surface area (Å²) >= 11 is 5.76.